The minimum atomic E-state index is -0.892. The Labute approximate surface area is 136 Å². The summed E-state index contributed by atoms with van der Waals surface area (Å²) in [6.45, 7) is 5.82. The van der Waals surface area contributed by atoms with Crippen LogP contribution in [0.25, 0.3) is 0 Å². The molecule has 3 rings (SSSR count). The number of carbonyl (C=O) groups is 2. The average Bonchev–Trinajstić information content (AvgIpc) is 2.93. The number of carbonyl (C=O) groups excluding carboxylic acids is 1. The van der Waals surface area contributed by atoms with Gasteiger partial charge in [-0.25, -0.2) is 0 Å². The molecule has 0 radical (unpaired) electrons. The number of hydrogen-bond acceptors (Lipinski definition) is 3. The van der Waals surface area contributed by atoms with Crippen molar-refractivity contribution in [2.75, 3.05) is 24.5 Å². The Morgan fingerprint density at radius 2 is 1.87 bits per heavy atom. The second kappa shape index (κ2) is 6.71. The molecule has 2 aliphatic heterocycles. The highest BCUT2D eigenvalue weighted by molar-refractivity contribution is 5.99. The monoisotopic (exact) mass is 316 g/mol. The number of amides is 1. The first kappa shape index (κ1) is 16.0. The third-order valence-corrected chi connectivity index (χ3v) is 5.00. The zero-order valence-corrected chi connectivity index (χ0v) is 13.6. The van der Waals surface area contributed by atoms with Crippen molar-refractivity contribution in [2.24, 2.45) is 11.8 Å². The van der Waals surface area contributed by atoms with Gasteiger partial charge in [0.05, 0.1) is 5.92 Å². The van der Waals surface area contributed by atoms with Crippen LogP contribution in [0.2, 0.25) is 0 Å². The number of piperidine rings is 1. The molecule has 2 heterocycles. The Morgan fingerprint density at radius 3 is 2.43 bits per heavy atom. The fourth-order valence-corrected chi connectivity index (χ4v) is 3.38. The number of hydrogen-bond donors (Lipinski definition) is 1. The molecule has 5 nitrogen and oxygen atoms in total. The van der Waals surface area contributed by atoms with Gasteiger partial charge in [0.25, 0.3) is 0 Å². The first-order chi connectivity index (χ1) is 11.0. The number of benzene rings is 1. The van der Waals surface area contributed by atoms with Crippen LogP contribution in [0.5, 0.6) is 0 Å². The lowest BCUT2D eigenvalue weighted by molar-refractivity contribution is -0.141. The van der Waals surface area contributed by atoms with Gasteiger partial charge in [0, 0.05) is 25.2 Å². The number of rotatable bonds is 4. The molecule has 1 aromatic carbocycles. The Morgan fingerprint density at radius 1 is 1.22 bits per heavy atom. The van der Waals surface area contributed by atoms with Crippen LogP contribution in [0.1, 0.15) is 31.7 Å². The van der Waals surface area contributed by atoms with Gasteiger partial charge < -0.3 is 10.0 Å². The van der Waals surface area contributed by atoms with Crippen molar-refractivity contribution in [3.8, 4) is 0 Å². The minimum Gasteiger partial charge on any atom is -0.481 e. The van der Waals surface area contributed by atoms with Crippen LogP contribution in [-0.2, 0) is 16.1 Å². The normalized spacial score (nSPS) is 23.4. The summed E-state index contributed by atoms with van der Waals surface area (Å²) in [6.07, 6.45) is 2.62. The highest BCUT2D eigenvalue weighted by Gasteiger charge is 2.34. The summed E-state index contributed by atoms with van der Waals surface area (Å²) < 4.78 is 0. The van der Waals surface area contributed by atoms with Crippen molar-refractivity contribution >= 4 is 17.6 Å². The molecule has 0 bridgehead atoms. The molecule has 2 aliphatic rings. The molecule has 0 aliphatic carbocycles. The minimum absolute atomic E-state index is 0.100. The number of carboxylic acids is 1. The number of aliphatic carboxylic acids is 1. The van der Waals surface area contributed by atoms with E-state index in [2.05, 4.69) is 24.0 Å². The molecule has 0 aromatic heterocycles. The Bertz CT molecular complexity index is 576. The van der Waals surface area contributed by atoms with E-state index in [0.29, 0.717) is 0 Å². The van der Waals surface area contributed by atoms with E-state index in [1.807, 2.05) is 12.1 Å². The molecule has 5 heteroatoms. The van der Waals surface area contributed by atoms with E-state index < -0.39 is 11.9 Å². The molecule has 1 amide bonds. The molecular formula is C18H24N2O3. The van der Waals surface area contributed by atoms with Crippen LogP contribution in [-0.4, -0.2) is 41.5 Å². The predicted octanol–water partition coefficient (Wildman–Crippen LogP) is 2.36. The van der Waals surface area contributed by atoms with Crippen molar-refractivity contribution in [3.05, 3.63) is 29.8 Å². The second-order valence-electron chi connectivity index (χ2n) is 6.87. The van der Waals surface area contributed by atoms with E-state index in [1.165, 1.54) is 18.4 Å². The van der Waals surface area contributed by atoms with Crippen molar-refractivity contribution < 1.29 is 14.7 Å². The van der Waals surface area contributed by atoms with Gasteiger partial charge in [-0.2, -0.15) is 0 Å². The van der Waals surface area contributed by atoms with Crippen LogP contribution in [0.4, 0.5) is 5.69 Å². The zero-order valence-electron chi connectivity index (χ0n) is 13.6. The number of likely N-dealkylation sites (tertiary alicyclic amines) is 1. The molecule has 0 unspecified atom stereocenters. The molecule has 1 atom stereocenters. The van der Waals surface area contributed by atoms with E-state index in [4.69, 9.17) is 5.11 Å². The van der Waals surface area contributed by atoms with Gasteiger partial charge >= 0.3 is 5.97 Å². The topological polar surface area (TPSA) is 60.9 Å². The lowest BCUT2D eigenvalue weighted by atomic mass is 9.99. The maximum Gasteiger partial charge on any atom is 0.308 e. The number of carboxylic acid groups (broad SMARTS) is 1. The highest BCUT2D eigenvalue weighted by Crippen LogP contribution is 2.26. The number of nitrogens with zero attached hydrogens (tertiary/aromatic N) is 2. The molecule has 1 N–H and O–H groups in total. The molecule has 0 spiro atoms. The van der Waals surface area contributed by atoms with Crippen molar-refractivity contribution in [2.45, 2.75) is 32.7 Å². The van der Waals surface area contributed by atoms with Gasteiger partial charge in [-0.1, -0.05) is 19.1 Å². The second-order valence-corrected chi connectivity index (χ2v) is 6.87. The first-order valence-electron chi connectivity index (χ1n) is 8.37. The smallest absolute Gasteiger partial charge is 0.308 e. The van der Waals surface area contributed by atoms with Gasteiger partial charge in [-0.15, -0.1) is 0 Å². The predicted molar refractivity (Wildman–Crippen MR) is 88.2 cm³/mol. The van der Waals surface area contributed by atoms with Gasteiger partial charge in [-0.3, -0.25) is 14.5 Å². The van der Waals surface area contributed by atoms with E-state index >= 15 is 0 Å². The average molecular weight is 316 g/mol. The third-order valence-electron chi connectivity index (χ3n) is 5.00. The van der Waals surface area contributed by atoms with Gasteiger partial charge in [0.1, 0.15) is 0 Å². The number of anilines is 1. The largest absolute Gasteiger partial charge is 0.481 e. The first-order valence-corrected chi connectivity index (χ1v) is 8.37. The SMILES string of the molecule is CC1CCN(Cc2ccc(N3C[C@@H](C(=O)O)CC3=O)cc2)CC1. The molecule has 2 fully saturated rings. The van der Waals surface area contributed by atoms with Crippen molar-refractivity contribution in [3.63, 3.8) is 0 Å². The van der Waals surface area contributed by atoms with Gasteiger partial charge in [0.2, 0.25) is 5.91 Å². The summed E-state index contributed by atoms with van der Waals surface area (Å²) in [5.41, 5.74) is 2.04. The standard InChI is InChI=1S/C18H24N2O3/c1-13-6-8-19(9-7-13)11-14-2-4-16(5-3-14)20-12-15(18(22)23)10-17(20)21/h2-5,13,15H,6-12H2,1H3,(H,22,23)/t15-/m0/s1. The van der Waals surface area contributed by atoms with Gasteiger partial charge in [-0.05, 0) is 49.5 Å². The third kappa shape index (κ3) is 3.72. The molecule has 23 heavy (non-hydrogen) atoms. The van der Waals surface area contributed by atoms with E-state index in [9.17, 15) is 9.59 Å². The molecule has 2 saturated heterocycles. The summed E-state index contributed by atoms with van der Waals surface area (Å²) in [7, 11) is 0. The van der Waals surface area contributed by atoms with E-state index in [-0.39, 0.29) is 18.9 Å². The fraction of sp³-hybridized carbons (Fsp3) is 0.556. The summed E-state index contributed by atoms with van der Waals surface area (Å²) in [5, 5.41) is 9.06. The van der Waals surface area contributed by atoms with E-state index in [0.717, 1.165) is 31.2 Å². The lowest BCUT2D eigenvalue weighted by Crippen LogP contribution is -2.32. The summed E-state index contributed by atoms with van der Waals surface area (Å²) >= 11 is 0. The van der Waals surface area contributed by atoms with Gasteiger partial charge in [0.15, 0.2) is 0 Å². The molecule has 0 saturated carbocycles. The van der Waals surface area contributed by atoms with Crippen LogP contribution in [0.15, 0.2) is 24.3 Å². The molecule has 124 valence electrons. The maximum atomic E-state index is 12.0. The zero-order chi connectivity index (χ0) is 16.4. The molecule has 1 aromatic rings. The summed E-state index contributed by atoms with van der Waals surface area (Å²) in [5.74, 6) is -0.749. The fourth-order valence-electron chi connectivity index (χ4n) is 3.38. The van der Waals surface area contributed by atoms with Crippen molar-refractivity contribution in [1.82, 2.24) is 4.90 Å². The van der Waals surface area contributed by atoms with Crippen LogP contribution < -0.4 is 4.90 Å². The summed E-state index contributed by atoms with van der Waals surface area (Å²) in [6, 6.07) is 7.97. The Balaban J connectivity index is 1.61. The quantitative estimate of drug-likeness (QED) is 0.926. The maximum absolute atomic E-state index is 12.0. The van der Waals surface area contributed by atoms with Crippen LogP contribution in [0.3, 0.4) is 0 Å². The summed E-state index contributed by atoms with van der Waals surface area (Å²) in [4.78, 5) is 27.1. The Kier molecular flexibility index (Phi) is 4.66. The van der Waals surface area contributed by atoms with Crippen molar-refractivity contribution in [1.29, 1.82) is 0 Å². The van der Waals surface area contributed by atoms with Crippen LogP contribution in [0, 0.1) is 11.8 Å². The highest BCUT2D eigenvalue weighted by atomic mass is 16.4. The molecular weight excluding hydrogens is 292 g/mol. The van der Waals surface area contributed by atoms with E-state index in [1.54, 1.807) is 4.90 Å². The lowest BCUT2D eigenvalue weighted by Gasteiger charge is -2.30. The Hall–Kier alpha value is -1.88. The van der Waals surface area contributed by atoms with Crippen LogP contribution >= 0.6 is 0 Å².